The van der Waals surface area contributed by atoms with Gasteiger partial charge in [-0.25, -0.2) is 0 Å². The largest absolute Gasteiger partial charge is 0.497 e. The first-order valence-electron chi connectivity index (χ1n) is 7.08. The monoisotopic (exact) mass is 346 g/mol. The quantitative estimate of drug-likeness (QED) is 0.865. The molecule has 2 heterocycles. The van der Waals surface area contributed by atoms with Crippen molar-refractivity contribution in [3.63, 3.8) is 0 Å². The summed E-state index contributed by atoms with van der Waals surface area (Å²) >= 11 is 0.864. The summed E-state index contributed by atoms with van der Waals surface area (Å²) in [7, 11) is 1.58. The maximum absolute atomic E-state index is 11.9. The van der Waals surface area contributed by atoms with E-state index in [1.807, 2.05) is 12.1 Å². The van der Waals surface area contributed by atoms with Crippen LogP contribution in [0.4, 0.5) is 5.69 Å². The standard InChI is InChI=1S/C16H14N2O5S/c1-23-10-2-3-11-9(8-17-12(11)7-10)6-13-15(21)18(16(22)24-13)5-4-14(19)20/h2-3,6-8,21H,4-5H2,1H3,(H,19,20)/b9-6+. The lowest BCUT2D eigenvalue weighted by atomic mass is 10.1. The zero-order chi connectivity index (χ0) is 17.3. The van der Waals surface area contributed by atoms with Gasteiger partial charge in [0.15, 0.2) is 0 Å². The molecule has 24 heavy (non-hydrogen) atoms. The van der Waals surface area contributed by atoms with Crippen LogP contribution in [0.5, 0.6) is 11.6 Å². The van der Waals surface area contributed by atoms with Gasteiger partial charge >= 0.3 is 10.8 Å². The number of rotatable bonds is 5. The van der Waals surface area contributed by atoms with Crippen molar-refractivity contribution in [3.8, 4) is 11.6 Å². The van der Waals surface area contributed by atoms with Crippen LogP contribution in [0, 0.1) is 0 Å². The van der Waals surface area contributed by atoms with Crippen LogP contribution >= 0.6 is 11.3 Å². The number of aliphatic carboxylic acids is 1. The molecule has 0 aliphatic carbocycles. The fourth-order valence-electron chi connectivity index (χ4n) is 2.37. The second-order valence-corrected chi connectivity index (χ2v) is 6.09. The molecule has 0 atom stereocenters. The normalized spacial score (nSPS) is 14.1. The molecule has 0 saturated heterocycles. The van der Waals surface area contributed by atoms with Crippen molar-refractivity contribution in [2.45, 2.75) is 13.0 Å². The first kappa shape index (κ1) is 16.0. The Morgan fingerprint density at radius 1 is 1.46 bits per heavy atom. The van der Waals surface area contributed by atoms with Gasteiger partial charge in [0.25, 0.3) is 0 Å². The molecule has 124 valence electrons. The molecule has 1 aliphatic heterocycles. The molecule has 0 fully saturated rings. The third-order valence-electron chi connectivity index (χ3n) is 3.59. The summed E-state index contributed by atoms with van der Waals surface area (Å²) in [5.74, 6) is -0.563. The minimum Gasteiger partial charge on any atom is -0.497 e. The Morgan fingerprint density at radius 3 is 2.96 bits per heavy atom. The number of methoxy groups -OCH3 is 1. The number of aliphatic imine (C=N–C) groups is 1. The van der Waals surface area contributed by atoms with Crippen LogP contribution < -0.4 is 9.61 Å². The number of hydrogen-bond donors (Lipinski definition) is 2. The average molecular weight is 346 g/mol. The van der Waals surface area contributed by atoms with Crippen LogP contribution in [0.25, 0.3) is 11.6 Å². The van der Waals surface area contributed by atoms with Crippen LogP contribution in [0.2, 0.25) is 0 Å². The van der Waals surface area contributed by atoms with Gasteiger partial charge in [-0.05, 0) is 18.2 Å². The molecule has 0 radical (unpaired) electrons. The van der Waals surface area contributed by atoms with Crippen LogP contribution in [-0.2, 0) is 11.3 Å². The highest BCUT2D eigenvalue weighted by Gasteiger charge is 2.17. The van der Waals surface area contributed by atoms with E-state index in [0.29, 0.717) is 10.6 Å². The molecule has 0 bridgehead atoms. The first-order chi connectivity index (χ1) is 11.5. The lowest BCUT2D eigenvalue weighted by Gasteiger charge is -2.03. The summed E-state index contributed by atoms with van der Waals surface area (Å²) in [6.45, 7) is -0.0679. The van der Waals surface area contributed by atoms with E-state index in [1.54, 1.807) is 25.5 Å². The van der Waals surface area contributed by atoms with E-state index >= 15 is 0 Å². The van der Waals surface area contributed by atoms with E-state index in [2.05, 4.69) is 4.99 Å². The molecule has 1 aromatic heterocycles. The zero-order valence-corrected chi connectivity index (χ0v) is 13.5. The van der Waals surface area contributed by atoms with Crippen LogP contribution in [0.3, 0.4) is 0 Å². The molecule has 3 rings (SSSR count). The first-order valence-corrected chi connectivity index (χ1v) is 7.90. The zero-order valence-electron chi connectivity index (χ0n) is 12.7. The molecule has 7 nitrogen and oxygen atoms in total. The molecule has 1 aliphatic rings. The molecule has 0 unspecified atom stereocenters. The summed E-state index contributed by atoms with van der Waals surface area (Å²) in [6.07, 6.45) is 3.08. The maximum atomic E-state index is 11.9. The highest BCUT2D eigenvalue weighted by molar-refractivity contribution is 7.10. The van der Waals surface area contributed by atoms with E-state index < -0.39 is 10.8 Å². The number of aromatic nitrogens is 1. The number of carboxylic acids is 1. The van der Waals surface area contributed by atoms with Gasteiger partial charge in [0.2, 0.25) is 5.88 Å². The number of aromatic hydroxyl groups is 1. The van der Waals surface area contributed by atoms with Gasteiger partial charge in [0.1, 0.15) is 5.75 Å². The molecule has 8 heteroatoms. The van der Waals surface area contributed by atoms with Crippen LogP contribution in [-0.4, -0.2) is 34.1 Å². The van der Waals surface area contributed by atoms with Gasteiger partial charge in [-0.2, -0.15) is 0 Å². The van der Waals surface area contributed by atoms with E-state index in [0.717, 1.165) is 32.7 Å². The van der Waals surface area contributed by atoms with Gasteiger partial charge in [0.05, 0.1) is 24.1 Å². The fraction of sp³-hybridized carbons (Fsp3) is 0.188. The number of fused-ring (bicyclic) bond motifs is 1. The van der Waals surface area contributed by atoms with Crippen molar-refractivity contribution < 1.29 is 19.7 Å². The molecular formula is C16H14N2O5S. The lowest BCUT2D eigenvalue weighted by Crippen LogP contribution is -2.14. The number of carbonyl (C=O) groups is 1. The minimum atomic E-state index is -1.03. The highest BCUT2D eigenvalue weighted by Crippen LogP contribution is 2.36. The Hall–Kier alpha value is -2.87. The van der Waals surface area contributed by atoms with Crippen molar-refractivity contribution in [2.75, 3.05) is 7.11 Å². The number of carboxylic acid groups (broad SMARTS) is 1. The van der Waals surface area contributed by atoms with Crippen LogP contribution in [0.15, 0.2) is 28.0 Å². The number of allylic oxidation sites excluding steroid dienone is 1. The molecule has 2 N–H and O–H groups in total. The predicted molar refractivity (Wildman–Crippen MR) is 91.5 cm³/mol. The van der Waals surface area contributed by atoms with Gasteiger partial charge in [-0.3, -0.25) is 19.1 Å². The number of nitrogens with zero attached hydrogens (tertiary/aromatic N) is 2. The Morgan fingerprint density at radius 2 is 2.25 bits per heavy atom. The van der Waals surface area contributed by atoms with E-state index in [-0.39, 0.29) is 18.8 Å². The van der Waals surface area contributed by atoms with Crippen molar-refractivity contribution in [1.29, 1.82) is 0 Å². The van der Waals surface area contributed by atoms with E-state index in [1.165, 1.54) is 0 Å². The molecule has 0 spiro atoms. The van der Waals surface area contributed by atoms with E-state index in [9.17, 15) is 14.7 Å². The van der Waals surface area contributed by atoms with E-state index in [4.69, 9.17) is 9.84 Å². The van der Waals surface area contributed by atoms with Crippen LogP contribution in [0.1, 0.15) is 16.9 Å². The average Bonchev–Trinajstić information content (AvgIpc) is 3.07. The van der Waals surface area contributed by atoms with Crippen molar-refractivity contribution in [3.05, 3.63) is 38.3 Å². The van der Waals surface area contributed by atoms with Gasteiger partial charge in [-0.15, -0.1) is 0 Å². The number of ether oxygens (including phenoxy) is 1. The molecule has 2 aromatic rings. The summed E-state index contributed by atoms with van der Waals surface area (Å²) in [5, 5.41) is 18.9. The Balaban J connectivity index is 1.94. The van der Waals surface area contributed by atoms with Crippen molar-refractivity contribution >= 4 is 40.9 Å². The smallest absolute Gasteiger partial charge is 0.310 e. The summed E-state index contributed by atoms with van der Waals surface area (Å²) < 4.78 is 6.22. The highest BCUT2D eigenvalue weighted by atomic mass is 32.1. The molecule has 0 amide bonds. The number of hydrogen-bond acceptors (Lipinski definition) is 6. The van der Waals surface area contributed by atoms with Gasteiger partial charge < -0.3 is 14.9 Å². The van der Waals surface area contributed by atoms with Crippen molar-refractivity contribution in [2.24, 2.45) is 4.99 Å². The Kier molecular flexibility index (Phi) is 4.22. The SMILES string of the molecule is COc1ccc2c(c1)N=C/C2=C\c1sc(=O)n(CCC(=O)O)c1O. The number of thiazole rings is 1. The summed E-state index contributed by atoms with van der Waals surface area (Å²) in [6, 6.07) is 5.46. The maximum Gasteiger partial charge on any atom is 0.310 e. The molecular weight excluding hydrogens is 332 g/mol. The fourth-order valence-corrected chi connectivity index (χ4v) is 3.23. The number of benzene rings is 1. The second kappa shape index (κ2) is 6.32. The minimum absolute atomic E-state index is 0.0679. The summed E-state index contributed by atoms with van der Waals surface area (Å²) in [5.41, 5.74) is 2.38. The third kappa shape index (κ3) is 2.95. The molecule has 1 aromatic carbocycles. The van der Waals surface area contributed by atoms with Crippen molar-refractivity contribution in [1.82, 2.24) is 4.57 Å². The Labute approximate surface area is 140 Å². The Bertz CT molecular complexity index is 923. The van der Waals surface area contributed by atoms with Gasteiger partial charge in [0, 0.05) is 30.0 Å². The summed E-state index contributed by atoms with van der Waals surface area (Å²) in [4.78, 5) is 26.8. The predicted octanol–water partition coefficient (Wildman–Crippen LogP) is 2.36. The molecule has 0 saturated carbocycles. The third-order valence-corrected chi connectivity index (χ3v) is 4.50. The second-order valence-electron chi connectivity index (χ2n) is 5.09. The van der Waals surface area contributed by atoms with Gasteiger partial charge in [-0.1, -0.05) is 11.3 Å². The lowest BCUT2D eigenvalue weighted by molar-refractivity contribution is -0.137. The topological polar surface area (TPSA) is 101 Å².